The van der Waals surface area contributed by atoms with Gasteiger partial charge in [0.2, 0.25) is 0 Å². The molecule has 0 radical (unpaired) electrons. The van der Waals surface area contributed by atoms with E-state index in [1.165, 1.54) is 11.1 Å². The highest BCUT2D eigenvalue weighted by Gasteiger charge is 2.08. The summed E-state index contributed by atoms with van der Waals surface area (Å²) in [5.41, 5.74) is 10.8. The van der Waals surface area contributed by atoms with Crippen LogP contribution in [0.25, 0.3) is 5.57 Å². The quantitative estimate of drug-likeness (QED) is 0.801. The Hall–Kier alpha value is -2.22. The van der Waals surface area contributed by atoms with Crippen LogP contribution in [0.1, 0.15) is 26.3 Å². The summed E-state index contributed by atoms with van der Waals surface area (Å²) in [7, 11) is 1.68. The number of nitrogens with two attached hydrogens (primary N) is 1. The van der Waals surface area contributed by atoms with Gasteiger partial charge in [0.25, 0.3) is 0 Å². The smallest absolute Gasteiger partial charge is 0.119 e. The van der Waals surface area contributed by atoms with Gasteiger partial charge in [0.1, 0.15) is 5.75 Å². The van der Waals surface area contributed by atoms with E-state index in [2.05, 4.69) is 32.6 Å². The van der Waals surface area contributed by atoms with Crippen molar-refractivity contribution in [1.82, 2.24) is 0 Å². The minimum absolute atomic E-state index is 0.545. The first-order chi connectivity index (χ1) is 9.49. The predicted molar refractivity (Wildman–Crippen MR) is 87.5 cm³/mol. The Balaban J connectivity index is 3.31. The lowest BCUT2D eigenvalue weighted by Gasteiger charge is -2.13. The summed E-state index contributed by atoms with van der Waals surface area (Å²) in [6, 6.07) is 8.06. The second kappa shape index (κ2) is 7.39. The molecule has 0 aliphatic heterocycles. The lowest BCUT2D eigenvalue weighted by Crippen LogP contribution is -1.94. The molecule has 0 spiro atoms. The zero-order valence-electron chi connectivity index (χ0n) is 12.7. The van der Waals surface area contributed by atoms with Crippen LogP contribution < -0.4 is 10.5 Å². The number of hydrogen-bond donors (Lipinski definition) is 1. The molecule has 1 aromatic carbocycles. The van der Waals surface area contributed by atoms with E-state index in [0.29, 0.717) is 5.70 Å². The monoisotopic (exact) mass is 269 g/mol. The van der Waals surface area contributed by atoms with Gasteiger partial charge in [0, 0.05) is 5.70 Å². The van der Waals surface area contributed by atoms with Crippen molar-refractivity contribution in [3.63, 3.8) is 0 Å². The number of ether oxygens (including phenoxy) is 1. The lowest BCUT2D eigenvalue weighted by atomic mass is 9.93. The second-order valence-electron chi connectivity index (χ2n) is 4.76. The average molecular weight is 269 g/mol. The zero-order chi connectivity index (χ0) is 15.1. The van der Waals surface area contributed by atoms with Crippen LogP contribution in [0.4, 0.5) is 0 Å². The molecule has 2 heteroatoms. The first kappa shape index (κ1) is 15.8. The van der Waals surface area contributed by atoms with Gasteiger partial charge >= 0.3 is 0 Å². The minimum Gasteiger partial charge on any atom is -0.497 e. The Labute approximate surface area is 122 Å². The SMILES string of the molecule is C=C(N)/C=C\C(=C/C)C(=C(C)C)c1cccc(OC)c1. The first-order valence-corrected chi connectivity index (χ1v) is 6.60. The zero-order valence-corrected chi connectivity index (χ0v) is 12.7. The van der Waals surface area contributed by atoms with E-state index in [1.807, 2.05) is 37.3 Å². The summed E-state index contributed by atoms with van der Waals surface area (Å²) in [6.07, 6.45) is 5.88. The van der Waals surface area contributed by atoms with Crippen molar-refractivity contribution < 1.29 is 4.74 Å². The number of methoxy groups -OCH3 is 1. The van der Waals surface area contributed by atoms with Gasteiger partial charge in [-0.25, -0.2) is 0 Å². The minimum atomic E-state index is 0.545. The third kappa shape index (κ3) is 4.16. The van der Waals surface area contributed by atoms with Crippen molar-refractivity contribution in [2.45, 2.75) is 20.8 Å². The Morgan fingerprint density at radius 3 is 2.45 bits per heavy atom. The molecule has 1 aromatic rings. The molecule has 2 N–H and O–H groups in total. The summed E-state index contributed by atoms with van der Waals surface area (Å²) >= 11 is 0. The largest absolute Gasteiger partial charge is 0.497 e. The van der Waals surface area contributed by atoms with Gasteiger partial charge in [0.05, 0.1) is 7.11 Å². The van der Waals surface area contributed by atoms with Crippen LogP contribution in [0.5, 0.6) is 5.75 Å². The maximum absolute atomic E-state index is 5.61. The van der Waals surface area contributed by atoms with E-state index in [0.717, 1.165) is 16.9 Å². The fraction of sp³-hybridized carbons (Fsp3) is 0.222. The number of rotatable bonds is 5. The van der Waals surface area contributed by atoms with Crippen molar-refractivity contribution in [3.05, 3.63) is 71.5 Å². The van der Waals surface area contributed by atoms with Crippen molar-refractivity contribution in [2.75, 3.05) is 7.11 Å². The third-order valence-electron chi connectivity index (χ3n) is 2.94. The molecular weight excluding hydrogens is 246 g/mol. The highest BCUT2D eigenvalue weighted by molar-refractivity contribution is 5.84. The van der Waals surface area contributed by atoms with E-state index in [9.17, 15) is 0 Å². The van der Waals surface area contributed by atoms with Crippen LogP contribution in [0.2, 0.25) is 0 Å². The summed E-state index contributed by atoms with van der Waals surface area (Å²) < 4.78 is 5.30. The standard InChI is InChI=1S/C18H23NO/c1-6-15(11-10-14(4)19)18(13(2)3)16-8-7-9-17(12-16)20-5/h6-12H,4,19H2,1-3,5H3/b11-10-,15-6+. The molecule has 2 nitrogen and oxygen atoms in total. The molecule has 0 aliphatic rings. The highest BCUT2D eigenvalue weighted by Crippen LogP contribution is 2.30. The van der Waals surface area contributed by atoms with Gasteiger partial charge in [-0.05, 0) is 55.7 Å². The number of hydrogen-bond acceptors (Lipinski definition) is 2. The molecule has 0 aromatic heterocycles. The molecule has 0 saturated carbocycles. The van der Waals surface area contributed by atoms with Crippen molar-refractivity contribution >= 4 is 5.57 Å². The van der Waals surface area contributed by atoms with Crippen LogP contribution in [-0.2, 0) is 0 Å². The molecular formula is C18H23NO. The fourth-order valence-corrected chi connectivity index (χ4v) is 2.04. The number of benzene rings is 1. The van der Waals surface area contributed by atoms with Gasteiger partial charge in [-0.2, -0.15) is 0 Å². The number of allylic oxidation sites excluding steroid dienone is 6. The summed E-state index contributed by atoms with van der Waals surface area (Å²) in [6.45, 7) is 9.91. The third-order valence-corrected chi connectivity index (χ3v) is 2.94. The van der Waals surface area contributed by atoms with Gasteiger partial charge < -0.3 is 10.5 Å². The van der Waals surface area contributed by atoms with Crippen molar-refractivity contribution in [2.24, 2.45) is 5.73 Å². The highest BCUT2D eigenvalue weighted by atomic mass is 16.5. The second-order valence-corrected chi connectivity index (χ2v) is 4.76. The fourth-order valence-electron chi connectivity index (χ4n) is 2.04. The predicted octanol–water partition coefficient (Wildman–Crippen LogP) is 4.46. The van der Waals surface area contributed by atoms with Gasteiger partial charge in [-0.1, -0.05) is 36.4 Å². The first-order valence-electron chi connectivity index (χ1n) is 6.60. The summed E-state index contributed by atoms with van der Waals surface area (Å²) in [5, 5.41) is 0. The molecule has 0 fully saturated rings. The van der Waals surface area contributed by atoms with Crippen LogP contribution >= 0.6 is 0 Å². The van der Waals surface area contributed by atoms with Gasteiger partial charge in [-0.15, -0.1) is 0 Å². The molecule has 0 unspecified atom stereocenters. The molecule has 0 saturated heterocycles. The van der Waals surface area contributed by atoms with E-state index < -0.39 is 0 Å². The molecule has 0 amide bonds. The molecule has 0 bridgehead atoms. The van der Waals surface area contributed by atoms with Crippen LogP contribution in [0, 0.1) is 0 Å². The average Bonchev–Trinajstić information content (AvgIpc) is 2.42. The van der Waals surface area contributed by atoms with Crippen molar-refractivity contribution in [3.8, 4) is 5.75 Å². The Kier molecular flexibility index (Phi) is 5.85. The van der Waals surface area contributed by atoms with Crippen LogP contribution in [0.3, 0.4) is 0 Å². The van der Waals surface area contributed by atoms with Gasteiger partial charge in [-0.3, -0.25) is 0 Å². The molecule has 1 rings (SSSR count). The van der Waals surface area contributed by atoms with E-state index in [1.54, 1.807) is 7.11 Å². The molecule has 106 valence electrons. The Morgan fingerprint density at radius 1 is 1.25 bits per heavy atom. The Morgan fingerprint density at radius 2 is 1.95 bits per heavy atom. The van der Waals surface area contributed by atoms with E-state index in [-0.39, 0.29) is 0 Å². The molecule has 20 heavy (non-hydrogen) atoms. The lowest BCUT2D eigenvalue weighted by molar-refractivity contribution is 0.414. The summed E-state index contributed by atoms with van der Waals surface area (Å²) in [4.78, 5) is 0. The maximum atomic E-state index is 5.61. The van der Waals surface area contributed by atoms with E-state index >= 15 is 0 Å². The van der Waals surface area contributed by atoms with Crippen LogP contribution in [0.15, 0.2) is 65.9 Å². The molecule has 0 heterocycles. The van der Waals surface area contributed by atoms with Crippen molar-refractivity contribution in [1.29, 1.82) is 0 Å². The molecule has 0 atom stereocenters. The Bertz CT molecular complexity index is 573. The molecule has 0 aliphatic carbocycles. The maximum Gasteiger partial charge on any atom is 0.119 e. The van der Waals surface area contributed by atoms with Crippen LogP contribution in [-0.4, -0.2) is 7.11 Å². The van der Waals surface area contributed by atoms with E-state index in [4.69, 9.17) is 10.5 Å². The normalized spacial score (nSPS) is 11.5. The topological polar surface area (TPSA) is 35.2 Å². The van der Waals surface area contributed by atoms with Gasteiger partial charge in [0.15, 0.2) is 0 Å². The summed E-state index contributed by atoms with van der Waals surface area (Å²) in [5.74, 6) is 0.851.